The van der Waals surface area contributed by atoms with Gasteiger partial charge < -0.3 is 5.32 Å². The molecule has 16 heavy (non-hydrogen) atoms. The van der Waals surface area contributed by atoms with Crippen LogP contribution in [-0.2, 0) is 6.42 Å². The van der Waals surface area contributed by atoms with Gasteiger partial charge in [0.15, 0.2) is 0 Å². The molecule has 2 rings (SSSR count). The molecule has 1 aromatic carbocycles. The van der Waals surface area contributed by atoms with E-state index in [4.69, 9.17) is 0 Å². The highest BCUT2D eigenvalue weighted by molar-refractivity contribution is 5.15. The molecule has 1 aromatic rings. The van der Waals surface area contributed by atoms with Crippen LogP contribution in [-0.4, -0.2) is 13.1 Å². The maximum absolute atomic E-state index is 12.7. The third kappa shape index (κ3) is 3.60. The van der Waals surface area contributed by atoms with E-state index in [1.54, 1.807) is 12.1 Å². The highest BCUT2D eigenvalue weighted by Gasteiger charge is 2.11. The maximum Gasteiger partial charge on any atom is 0.123 e. The predicted octanol–water partition coefficient (Wildman–Crippen LogP) is 3.15. The second kappa shape index (κ2) is 6.00. The molecule has 0 amide bonds. The van der Waals surface area contributed by atoms with Crippen LogP contribution in [0.5, 0.6) is 0 Å². The Labute approximate surface area is 97.1 Å². The topological polar surface area (TPSA) is 12.0 Å². The summed E-state index contributed by atoms with van der Waals surface area (Å²) in [4.78, 5) is 0. The van der Waals surface area contributed by atoms with Crippen LogP contribution in [0.25, 0.3) is 0 Å². The van der Waals surface area contributed by atoms with Crippen molar-refractivity contribution in [1.82, 2.24) is 5.32 Å². The molecule has 1 aliphatic rings. The lowest BCUT2D eigenvalue weighted by Crippen LogP contribution is -2.29. The van der Waals surface area contributed by atoms with E-state index in [0.717, 1.165) is 12.3 Å². The van der Waals surface area contributed by atoms with Crippen molar-refractivity contribution in [3.8, 4) is 0 Å². The molecule has 1 fully saturated rings. The van der Waals surface area contributed by atoms with Gasteiger partial charge in [-0.3, -0.25) is 0 Å². The van der Waals surface area contributed by atoms with E-state index in [-0.39, 0.29) is 5.82 Å². The molecule has 88 valence electrons. The van der Waals surface area contributed by atoms with Gasteiger partial charge in [-0.25, -0.2) is 4.39 Å². The molecule has 1 unspecified atom stereocenters. The third-order valence-corrected chi connectivity index (χ3v) is 3.39. The highest BCUT2D eigenvalue weighted by Crippen LogP contribution is 2.17. The van der Waals surface area contributed by atoms with Gasteiger partial charge in [-0.05, 0) is 68.8 Å². The molecule has 0 bridgehead atoms. The van der Waals surface area contributed by atoms with E-state index >= 15 is 0 Å². The number of piperidine rings is 1. The molecule has 1 N–H and O–H groups in total. The zero-order chi connectivity index (χ0) is 11.2. The summed E-state index contributed by atoms with van der Waals surface area (Å²) in [7, 11) is 0. The number of hydrogen-bond donors (Lipinski definition) is 1. The lowest BCUT2D eigenvalue weighted by atomic mass is 9.93. The second-order valence-electron chi connectivity index (χ2n) is 4.73. The summed E-state index contributed by atoms with van der Waals surface area (Å²) in [5.41, 5.74) is 1.25. The molecule has 1 aliphatic heterocycles. The molecule has 1 heterocycles. The summed E-state index contributed by atoms with van der Waals surface area (Å²) in [6, 6.07) is 6.90. The van der Waals surface area contributed by atoms with E-state index in [1.165, 1.54) is 44.3 Å². The first-order valence-corrected chi connectivity index (χ1v) is 6.30. The van der Waals surface area contributed by atoms with Gasteiger partial charge in [-0.1, -0.05) is 12.1 Å². The Balaban J connectivity index is 1.69. The smallest absolute Gasteiger partial charge is 0.123 e. The van der Waals surface area contributed by atoms with Gasteiger partial charge >= 0.3 is 0 Å². The molecule has 0 saturated carbocycles. The summed E-state index contributed by atoms with van der Waals surface area (Å²) < 4.78 is 12.7. The minimum Gasteiger partial charge on any atom is -0.316 e. The molecule has 1 saturated heterocycles. The normalized spacial score (nSPS) is 20.9. The van der Waals surface area contributed by atoms with Crippen molar-refractivity contribution in [2.75, 3.05) is 13.1 Å². The number of halogens is 1. The average Bonchev–Trinajstić information content (AvgIpc) is 2.33. The summed E-state index contributed by atoms with van der Waals surface area (Å²) in [6.45, 7) is 2.37. The number of rotatable bonds is 4. The van der Waals surface area contributed by atoms with Crippen molar-refractivity contribution in [1.29, 1.82) is 0 Å². The van der Waals surface area contributed by atoms with Crippen LogP contribution in [0.2, 0.25) is 0 Å². The minimum atomic E-state index is -0.139. The lowest BCUT2D eigenvalue weighted by Gasteiger charge is -2.22. The molecule has 0 spiro atoms. The highest BCUT2D eigenvalue weighted by atomic mass is 19.1. The van der Waals surface area contributed by atoms with E-state index in [1.807, 2.05) is 12.1 Å². The molecule has 0 aliphatic carbocycles. The monoisotopic (exact) mass is 221 g/mol. The predicted molar refractivity (Wildman–Crippen MR) is 64.9 cm³/mol. The first-order chi connectivity index (χ1) is 7.84. The minimum absolute atomic E-state index is 0.139. The van der Waals surface area contributed by atoms with Crippen molar-refractivity contribution in [2.45, 2.75) is 32.1 Å². The van der Waals surface area contributed by atoms with Crippen LogP contribution in [0.1, 0.15) is 31.2 Å². The zero-order valence-electron chi connectivity index (χ0n) is 9.71. The van der Waals surface area contributed by atoms with E-state index in [2.05, 4.69) is 5.32 Å². The molecule has 2 heteroatoms. The van der Waals surface area contributed by atoms with Gasteiger partial charge in [0, 0.05) is 0 Å². The molecule has 1 nitrogen and oxygen atoms in total. The van der Waals surface area contributed by atoms with Crippen LogP contribution >= 0.6 is 0 Å². The van der Waals surface area contributed by atoms with Gasteiger partial charge in [-0.2, -0.15) is 0 Å². The fourth-order valence-corrected chi connectivity index (χ4v) is 2.42. The second-order valence-corrected chi connectivity index (χ2v) is 4.73. The quantitative estimate of drug-likeness (QED) is 0.823. The SMILES string of the molecule is Fc1ccc(CCCC2CCCNC2)cc1. The first-order valence-electron chi connectivity index (χ1n) is 6.30. The standard InChI is InChI=1S/C14H20FN/c15-14-8-6-12(7-9-14)3-1-4-13-5-2-10-16-11-13/h6-9,13,16H,1-5,10-11H2. The van der Waals surface area contributed by atoms with Gasteiger partial charge in [0.05, 0.1) is 0 Å². The zero-order valence-corrected chi connectivity index (χ0v) is 9.71. The Bertz CT molecular complexity index is 301. The van der Waals surface area contributed by atoms with Crippen molar-refractivity contribution in [3.05, 3.63) is 35.6 Å². The third-order valence-electron chi connectivity index (χ3n) is 3.39. The van der Waals surface area contributed by atoms with Crippen LogP contribution in [0.15, 0.2) is 24.3 Å². The Morgan fingerprint density at radius 3 is 2.75 bits per heavy atom. The largest absolute Gasteiger partial charge is 0.316 e. The van der Waals surface area contributed by atoms with Crippen molar-refractivity contribution in [3.63, 3.8) is 0 Å². The van der Waals surface area contributed by atoms with Crippen molar-refractivity contribution >= 4 is 0 Å². The molecule has 0 aromatic heterocycles. The van der Waals surface area contributed by atoms with Crippen LogP contribution in [0.4, 0.5) is 4.39 Å². The van der Waals surface area contributed by atoms with Crippen molar-refractivity contribution < 1.29 is 4.39 Å². The van der Waals surface area contributed by atoms with Crippen LogP contribution < -0.4 is 5.32 Å². The molecule has 0 radical (unpaired) electrons. The summed E-state index contributed by atoms with van der Waals surface area (Å²) in [5.74, 6) is 0.717. The van der Waals surface area contributed by atoms with Gasteiger partial charge in [0.25, 0.3) is 0 Å². The van der Waals surface area contributed by atoms with Gasteiger partial charge in [0.2, 0.25) is 0 Å². The fraction of sp³-hybridized carbons (Fsp3) is 0.571. The number of nitrogens with one attached hydrogen (secondary N) is 1. The summed E-state index contributed by atoms with van der Waals surface area (Å²) in [6.07, 6.45) is 6.29. The Morgan fingerprint density at radius 2 is 2.06 bits per heavy atom. The number of aryl methyl sites for hydroxylation is 1. The van der Waals surface area contributed by atoms with E-state index < -0.39 is 0 Å². The van der Waals surface area contributed by atoms with Gasteiger partial charge in [0.1, 0.15) is 5.82 Å². The fourth-order valence-electron chi connectivity index (χ4n) is 2.42. The lowest BCUT2D eigenvalue weighted by molar-refractivity contribution is 0.351. The summed E-state index contributed by atoms with van der Waals surface area (Å²) >= 11 is 0. The van der Waals surface area contributed by atoms with E-state index in [0.29, 0.717) is 0 Å². The average molecular weight is 221 g/mol. The Hall–Kier alpha value is -0.890. The number of benzene rings is 1. The number of hydrogen-bond acceptors (Lipinski definition) is 1. The van der Waals surface area contributed by atoms with E-state index in [9.17, 15) is 4.39 Å². The van der Waals surface area contributed by atoms with Gasteiger partial charge in [-0.15, -0.1) is 0 Å². The molecule has 1 atom stereocenters. The van der Waals surface area contributed by atoms with Crippen molar-refractivity contribution in [2.24, 2.45) is 5.92 Å². The van der Waals surface area contributed by atoms with Crippen LogP contribution in [0.3, 0.4) is 0 Å². The first kappa shape index (κ1) is 11.6. The van der Waals surface area contributed by atoms with Crippen LogP contribution in [0, 0.1) is 11.7 Å². The molecular weight excluding hydrogens is 201 g/mol. The Morgan fingerprint density at radius 1 is 1.25 bits per heavy atom. The Kier molecular flexibility index (Phi) is 4.34. The molecular formula is C14H20FN. The maximum atomic E-state index is 12.7. The summed E-state index contributed by atoms with van der Waals surface area (Å²) in [5, 5.41) is 3.44.